The van der Waals surface area contributed by atoms with Crippen molar-refractivity contribution < 1.29 is 19.0 Å². The van der Waals surface area contributed by atoms with Crippen LogP contribution in [0, 0.1) is 5.82 Å². The minimum absolute atomic E-state index is 0.0189. The third kappa shape index (κ3) is 3.00. The molecule has 1 unspecified atom stereocenters. The fourth-order valence-electron chi connectivity index (χ4n) is 1.13. The first-order chi connectivity index (χ1) is 7.06. The molecule has 0 saturated carbocycles. The standard InChI is InChI=1S/C10H10BrFO3/c1-15-10(14)8(13)5-6-3-2-4-7(12)9(6)11/h2-4,8,13H,5H2,1H3. The van der Waals surface area contributed by atoms with E-state index in [0.29, 0.717) is 5.56 Å². The van der Waals surface area contributed by atoms with Crippen LogP contribution in [0.25, 0.3) is 0 Å². The van der Waals surface area contributed by atoms with E-state index in [1.54, 1.807) is 6.07 Å². The highest BCUT2D eigenvalue weighted by Gasteiger charge is 2.18. The molecule has 0 radical (unpaired) electrons. The summed E-state index contributed by atoms with van der Waals surface area (Å²) >= 11 is 3.04. The zero-order valence-corrected chi connectivity index (χ0v) is 9.62. The molecule has 1 aromatic rings. The minimum atomic E-state index is -1.27. The molecule has 0 fully saturated rings. The zero-order valence-electron chi connectivity index (χ0n) is 8.04. The van der Waals surface area contributed by atoms with Crippen LogP contribution in [0.5, 0.6) is 0 Å². The second-order valence-electron chi connectivity index (χ2n) is 2.96. The summed E-state index contributed by atoms with van der Waals surface area (Å²) in [6, 6.07) is 4.43. The summed E-state index contributed by atoms with van der Waals surface area (Å²) < 4.78 is 17.7. The van der Waals surface area contributed by atoms with Gasteiger partial charge in [-0.25, -0.2) is 9.18 Å². The van der Waals surface area contributed by atoms with Gasteiger partial charge in [-0.15, -0.1) is 0 Å². The Balaban J connectivity index is 2.81. The molecule has 1 N–H and O–H groups in total. The van der Waals surface area contributed by atoms with Gasteiger partial charge in [-0.1, -0.05) is 12.1 Å². The summed E-state index contributed by atoms with van der Waals surface area (Å²) in [5.41, 5.74) is 0.521. The van der Waals surface area contributed by atoms with Gasteiger partial charge in [0.15, 0.2) is 6.10 Å². The number of hydrogen-bond acceptors (Lipinski definition) is 3. The highest BCUT2D eigenvalue weighted by molar-refractivity contribution is 9.10. The molecule has 0 bridgehead atoms. The Morgan fingerprint density at radius 1 is 1.67 bits per heavy atom. The number of halogens is 2. The highest BCUT2D eigenvalue weighted by Crippen LogP contribution is 2.21. The minimum Gasteiger partial charge on any atom is -0.467 e. The van der Waals surface area contributed by atoms with Gasteiger partial charge in [0.05, 0.1) is 11.6 Å². The van der Waals surface area contributed by atoms with Crippen molar-refractivity contribution in [3.8, 4) is 0 Å². The molecule has 15 heavy (non-hydrogen) atoms. The maximum absolute atomic E-state index is 13.1. The van der Waals surface area contributed by atoms with Crippen molar-refractivity contribution in [1.82, 2.24) is 0 Å². The predicted molar refractivity (Wildman–Crippen MR) is 55.8 cm³/mol. The fourth-order valence-corrected chi connectivity index (χ4v) is 1.56. The molecule has 1 aromatic carbocycles. The molecule has 1 atom stereocenters. The first kappa shape index (κ1) is 12.1. The largest absolute Gasteiger partial charge is 0.467 e. The van der Waals surface area contributed by atoms with Gasteiger partial charge in [-0.05, 0) is 27.6 Å². The van der Waals surface area contributed by atoms with Crippen LogP contribution in [0.15, 0.2) is 22.7 Å². The Kier molecular flexibility index (Phi) is 4.23. The summed E-state index contributed by atoms with van der Waals surface area (Å²) in [5, 5.41) is 9.37. The van der Waals surface area contributed by atoms with E-state index in [0.717, 1.165) is 0 Å². The van der Waals surface area contributed by atoms with Gasteiger partial charge in [0.2, 0.25) is 0 Å². The first-order valence-corrected chi connectivity index (χ1v) is 5.04. The number of esters is 1. The molecule has 0 heterocycles. The lowest BCUT2D eigenvalue weighted by Gasteiger charge is -2.09. The molecule has 0 aliphatic heterocycles. The number of hydrogen-bond donors (Lipinski definition) is 1. The molecule has 5 heteroatoms. The van der Waals surface area contributed by atoms with Crippen molar-refractivity contribution in [3.63, 3.8) is 0 Å². The zero-order chi connectivity index (χ0) is 11.4. The van der Waals surface area contributed by atoms with Crippen molar-refractivity contribution in [2.75, 3.05) is 7.11 Å². The van der Waals surface area contributed by atoms with Gasteiger partial charge >= 0.3 is 5.97 Å². The number of ether oxygens (including phenoxy) is 1. The fraction of sp³-hybridized carbons (Fsp3) is 0.300. The van der Waals surface area contributed by atoms with Crippen molar-refractivity contribution in [2.45, 2.75) is 12.5 Å². The highest BCUT2D eigenvalue weighted by atomic mass is 79.9. The Morgan fingerprint density at radius 2 is 2.33 bits per heavy atom. The molecule has 0 aliphatic carbocycles. The van der Waals surface area contributed by atoms with Crippen LogP contribution in [0.1, 0.15) is 5.56 Å². The number of aliphatic hydroxyl groups is 1. The van der Waals surface area contributed by atoms with Gasteiger partial charge in [0, 0.05) is 6.42 Å². The van der Waals surface area contributed by atoms with Crippen LogP contribution in [0.3, 0.4) is 0 Å². The third-order valence-electron chi connectivity index (χ3n) is 1.92. The molecular weight excluding hydrogens is 267 g/mol. The average Bonchev–Trinajstić information content (AvgIpc) is 2.23. The summed E-state index contributed by atoms with van der Waals surface area (Å²) in [7, 11) is 1.19. The molecule has 3 nitrogen and oxygen atoms in total. The van der Waals surface area contributed by atoms with E-state index in [2.05, 4.69) is 20.7 Å². The SMILES string of the molecule is COC(=O)C(O)Cc1cccc(F)c1Br. The second-order valence-corrected chi connectivity index (χ2v) is 3.75. The summed E-state index contributed by atoms with van der Waals surface area (Å²) in [6.07, 6.45) is -1.25. The van der Waals surface area contributed by atoms with Crippen LogP contribution in [0.4, 0.5) is 4.39 Å². The molecule has 0 aliphatic rings. The van der Waals surface area contributed by atoms with Crippen LogP contribution >= 0.6 is 15.9 Å². The van der Waals surface area contributed by atoms with Gasteiger partial charge < -0.3 is 9.84 Å². The van der Waals surface area contributed by atoms with Crippen LogP contribution in [0.2, 0.25) is 0 Å². The molecule has 0 spiro atoms. The van der Waals surface area contributed by atoms with Crippen molar-refractivity contribution in [1.29, 1.82) is 0 Å². The van der Waals surface area contributed by atoms with Crippen molar-refractivity contribution >= 4 is 21.9 Å². The second kappa shape index (κ2) is 5.23. The number of carbonyl (C=O) groups excluding carboxylic acids is 1. The lowest BCUT2D eigenvalue weighted by Crippen LogP contribution is -2.24. The Hall–Kier alpha value is -0.940. The molecule has 0 amide bonds. The molecule has 0 saturated heterocycles. The molecule has 82 valence electrons. The van der Waals surface area contributed by atoms with Gasteiger partial charge in [-0.3, -0.25) is 0 Å². The lowest BCUT2D eigenvalue weighted by molar-refractivity contribution is -0.150. The van der Waals surface area contributed by atoms with Crippen LogP contribution in [-0.2, 0) is 16.0 Å². The van der Waals surface area contributed by atoms with E-state index >= 15 is 0 Å². The summed E-state index contributed by atoms with van der Waals surface area (Å²) in [6.45, 7) is 0. The smallest absolute Gasteiger partial charge is 0.335 e. The van der Waals surface area contributed by atoms with Gasteiger partial charge in [0.25, 0.3) is 0 Å². The predicted octanol–water partition coefficient (Wildman–Crippen LogP) is 1.66. The molecule has 0 aromatic heterocycles. The van der Waals surface area contributed by atoms with E-state index < -0.39 is 17.9 Å². The van der Waals surface area contributed by atoms with Crippen molar-refractivity contribution in [2.24, 2.45) is 0 Å². The normalized spacial score (nSPS) is 12.3. The van der Waals surface area contributed by atoms with Gasteiger partial charge in [-0.2, -0.15) is 0 Å². The van der Waals surface area contributed by atoms with E-state index in [9.17, 15) is 14.3 Å². The monoisotopic (exact) mass is 276 g/mol. The number of benzene rings is 1. The lowest BCUT2D eigenvalue weighted by atomic mass is 10.1. The maximum Gasteiger partial charge on any atom is 0.335 e. The number of aliphatic hydroxyl groups excluding tert-OH is 1. The molecule has 1 rings (SSSR count). The van der Waals surface area contributed by atoms with E-state index in [1.807, 2.05) is 0 Å². The Morgan fingerprint density at radius 3 is 2.93 bits per heavy atom. The Labute approximate surface area is 95.0 Å². The van der Waals surface area contributed by atoms with E-state index in [4.69, 9.17) is 0 Å². The Bertz CT molecular complexity index is 368. The van der Waals surface area contributed by atoms with Crippen LogP contribution < -0.4 is 0 Å². The third-order valence-corrected chi connectivity index (χ3v) is 2.81. The topological polar surface area (TPSA) is 46.5 Å². The maximum atomic E-state index is 13.1. The van der Waals surface area contributed by atoms with E-state index in [-0.39, 0.29) is 10.9 Å². The molecular formula is C10H10BrFO3. The van der Waals surface area contributed by atoms with Crippen molar-refractivity contribution in [3.05, 3.63) is 34.1 Å². The van der Waals surface area contributed by atoms with Crippen LogP contribution in [-0.4, -0.2) is 24.3 Å². The number of carbonyl (C=O) groups is 1. The van der Waals surface area contributed by atoms with Gasteiger partial charge in [0.1, 0.15) is 5.82 Å². The average molecular weight is 277 g/mol. The first-order valence-electron chi connectivity index (χ1n) is 4.25. The summed E-state index contributed by atoms with van der Waals surface area (Å²) in [5.74, 6) is -1.16. The quantitative estimate of drug-likeness (QED) is 0.855. The number of rotatable bonds is 3. The summed E-state index contributed by atoms with van der Waals surface area (Å²) in [4.78, 5) is 10.9. The van der Waals surface area contributed by atoms with E-state index in [1.165, 1.54) is 19.2 Å². The number of methoxy groups -OCH3 is 1.